The predicted molar refractivity (Wildman–Crippen MR) is 146 cm³/mol. The molecule has 0 fully saturated rings. The highest BCUT2D eigenvalue weighted by atomic mass is 16.6. The summed E-state index contributed by atoms with van der Waals surface area (Å²) in [5, 5.41) is 8.89. The molecule has 0 saturated carbocycles. The largest absolute Gasteiger partial charge is 0.382 e. The summed E-state index contributed by atoms with van der Waals surface area (Å²) in [6.45, 7) is 11.5. The molecule has 232 valence electrons. The second-order valence-electron chi connectivity index (χ2n) is 8.71. The van der Waals surface area contributed by atoms with Crippen molar-refractivity contribution in [3.8, 4) is 0 Å². The van der Waals surface area contributed by atoms with Crippen LogP contribution in [-0.4, -0.2) is 144 Å². The molecule has 0 spiro atoms. The molecule has 13 heteroatoms. The van der Waals surface area contributed by atoms with Crippen LogP contribution in [0.3, 0.4) is 0 Å². The molecule has 0 aromatic rings. The summed E-state index contributed by atoms with van der Waals surface area (Å²) in [4.78, 5) is 24.8. The summed E-state index contributed by atoms with van der Waals surface area (Å²) < 4.78 is 42.1. The van der Waals surface area contributed by atoms with Gasteiger partial charge in [-0.25, -0.2) is 0 Å². The minimum absolute atomic E-state index is 0.100. The summed E-state index contributed by atoms with van der Waals surface area (Å²) in [5.41, 5.74) is 0. The lowest BCUT2D eigenvalue weighted by Gasteiger charge is -2.20. The van der Waals surface area contributed by atoms with Gasteiger partial charge in [-0.1, -0.05) is 13.8 Å². The highest BCUT2D eigenvalue weighted by Crippen LogP contribution is 2.00. The smallest absolute Gasteiger partial charge is 0.237 e. The lowest BCUT2D eigenvalue weighted by atomic mass is 10.1. The van der Waals surface area contributed by atoms with Gasteiger partial charge in [-0.2, -0.15) is 0 Å². The van der Waals surface area contributed by atoms with Crippen LogP contribution in [0.1, 0.15) is 26.7 Å². The van der Waals surface area contributed by atoms with Crippen LogP contribution in [0.25, 0.3) is 0 Å². The van der Waals surface area contributed by atoms with Crippen LogP contribution in [0, 0.1) is 0 Å². The maximum Gasteiger partial charge on any atom is 0.237 e. The van der Waals surface area contributed by atoms with Gasteiger partial charge in [0.1, 0.15) is 0 Å². The van der Waals surface area contributed by atoms with Gasteiger partial charge in [-0.3, -0.25) is 9.59 Å². The maximum absolute atomic E-state index is 12.6. The molecule has 39 heavy (non-hydrogen) atoms. The number of hydrogen-bond acceptors (Lipinski definition) is 11. The topological polar surface area (TPSA) is 144 Å². The highest BCUT2D eigenvalue weighted by Gasteiger charge is 2.19. The van der Waals surface area contributed by atoms with Crippen molar-refractivity contribution in [2.45, 2.75) is 38.8 Å². The van der Waals surface area contributed by atoms with Crippen LogP contribution < -0.4 is 16.0 Å². The van der Waals surface area contributed by atoms with Crippen LogP contribution in [0.4, 0.5) is 0 Å². The Bertz CT molecular complexity index is 558. The van der Waals surface area contributed by atoms with Gasteiger partial charge in [-0.05, 0) is 6.42 Å². The van der Waals surface area contributed by atoms with Gasteiger partial charge >= 0.3 is 0 Å². The fraction of sp³-hybridized carbons (Fsp3) is 0.923. The summed E-state index contributed by atoms with van der Waals surface area (Å²) in [7, 11) is 3.26. The van der Waals surface area contributed by atoms with Crippen molar-refractivity contribution < 1.29 is 47.5 Å². The van der Waals surface area contributed by atoms with Crippen molar-refractivity contribution in [3.63, 3.8) is 0 Å². The second kappa shape index (κ2) is 29.6. The van der Waals surface area contributed by atoms with E-state index in [1.54, 1.807) is 14.2 Å². The Labute approximate surface area is 234 Å². The molecule has 0 aromatic carbocycles. The molecule has 13 nitrogen and oxygen atoms in total. The van der Waals surface area contributed by atoms with E-state index in [1.807, 2.05) is 13.8 Å². The van der Waals surface area contributed by atoms with Crippen molar-refractivity contribution in [1.29, 1.82) is 0 Å². The van der Waals surface area contributed by atoms with Crippen LogP contribution in [0.5, 0.6) is 0 Å². The van der Waals surface area contributed by atoms with Gasteiger partial charge < -0.3 is 53.8 Å². The molecule has 0 unspecified atom stereocenters. The van der Waals surface area contributed by atoms with Crippen LogP contribution in [-0.2, 0) is 47.5 Å². The zero-order valence-electron chi connectivity index (χ0n) is 24.5. The zero-order chi connectivity index (χ0) is 28.8. The highest BCUT2D eigenvalue weighted by molar-refractivity contribution is 5.83. The molecule has 0 aliphatic rings. The first-order valence-corrected chi connectivity index (χ1v) is 13.8. The number of rotatable bonds is 30. The SMILES string of the molecule is COCCOCCOCCOCCNC(=O)CC[C@H](NC(C)C)C(=O)NCCOCCOCCOCCOC. The maximum atomic E-state index is 12.6. The molecule has 0 heterocycles. The number of ether oxygens (including phenoxy) is 8. The molecule has 0 aliphatic heterocycles. The normalized spacial score (nSPS) is 12.1. The van der Waals surface area contributed by atoms with E-state index in [4.69, 9.17) is 37.9 Å². The number of hydrogen-bond donors (Lipinski definition) is 3. The monoisotopic (exact) mass is 567 g/mol. The molecule has 0 saturated heterocycles. The lowest BCUT2D eigenvalue weighted by molar-refractivity contribution is -0.124. The van der Waals surface area contributed by atoms with Gasteiger partial charge in [0.15, 0.2) is 0 Å². The Morgan fingerprint density at radius 2 is 0.949 bits per heavy atom. The minimum Gasteiger partial charge on any atom is -0.382 e. The average Bonchev–Trinajstić information content (AvgIpc) is 2.91. The Balaban J connectivity index is 3.79. The minimum atomic E-state index is -0.468. The molecule has 1 atom stereocenters. The Morgan fingerprint density at radius 1 is 0.564 bits per heavy atom. The Morgan fingerprint density at radius 3 is 1.36 bits per heavy atom. The van der Waals surface area contributed by atoms with Crippen molar-refractivity contribution in [2.24, 2.45) is 0 Å². The van der Waals surface area contributed by atoms with Crippen LogP contribution in [0.2, 0.25) is 0 Å². The third kappa shape index (κ3) is 27.9. The summed E-state index contributed by atoms with van der Waals surface area (Å²) >= 11 is 0. The first kappa shape index (κ1) is 37.6. The number of methoxy groups -OCH3 is 2. The fourth-order valence-corrected chi connectivity index (χ4v) is 3.06. The summed E-state index contributed by atoms with van der Waals surface area (Å²) in [5.74, 6) is -0.282. The van der Waals surface area contributed by atoms with Gasteiger partial charge in [0.25, 0.3) is 0 Å². The van der Waals surface area contributed by atoms with E-state index >= 15 is 0 Å². The standard InChI is InChI=1S/C26H53N3O10/c1-23(2)29-24(26(31)28-8-10-35-16-18-39-22-20-37-14-12-33-4)5-6-25(30)27-7-9-34-15-17-38-21-19-36-13-11-32-3/h23-24,29H,5-22H2,1-4H3,(H,27,30)(H,28,31)/t24-/m0/s1. The van der Waals surface area contributed by atoms with Crippen molar-refractivity contribution >= 4 is 11.8 Å². The van der Waals surface area contributed by atoms with E-state index in [0.717, 1.165) is 0 Å². The van der Waals surface area contributed by atoms with Crippen molar-refractivity contribution in [1.82, 2.24) is 16.0 Å². The van der Waals surface area contributed by atoms with Crippen LogP contribution in [0.15, 0.2) is 0 Å². The predicted octanol–water partition coefficient (Wildman–Crippen LogP) is -0.242. The van der Waals surface area contributed by atoms with E-state index in [2.05, 4.69) is 16.0 Å². The summed E-state index contributed by atoms with van der Waals surface area (Å²) in [6, 6.07) is -0.368. The third-order valence-electron chi connectivity index (χ3n) is 4.98. The second-order valence-corrected chi connectivity index (χ2v) is 8.71. The molecule has 0 rings (SSSR count). The fourth-order valence-electron chi connectivity index (χ4n) is 3.06. The zero-order valence-corrected chi connectivity index (χ0v) is 24.5. The molecule has 0 aliphatic carbocycles. The lowest BCUT2D eigenvalue weighted by Crippen LogP contribution is -2.48. The van der Waals surface area contributed by atoms with Gasteiger partial charge in [0, 0.05) is 39.8 Å². The van der Waals surface area contributed by atoms with E-state index in [-0.39, 0.29) is 24.3 Å². The van der Waals surface area contributed by atoms with E-state index < -0.39 is 6.04 Å². The Hall–Kier alpha value is -1.42. The first-order chi connectivity index (χ1) is 19.0. The van der Waals surface area contributed by atoms with Crippen molar-refractivity contribution in [2.75, 3.05) is 120 Å². The number of carbonyl (C=O) groups excluding carboxylic acids is 2. The van der Waals surface area contributed by atoms with E-state index in [9.17, 15) is 9.59 Å². The number of carbonyl (C=O) groups is 2. The molecular weight excluding hydrogens is 514 g/mol. The Kier molecular flexibility index (Phi) is 28.5. The van der Waals surface area contributed by atoms with Crippen molar-refractivity contribution in [3.05, 3.63) is 0 Å². The van der Waals surface area contributed by atoms with Crippen LogP contribution >= 0.6 is 0 Å². The number of amides is 2. The third-order valence-corrected chi connectivity index (χ3v) is 4.98. The van der Waals surface area contributed by atoms with E-state index in [0.29, 0.717) is 112 Å². The van der Waals surface area contributed by atoms with Gasteiger partial charge in [-0.15, -0.1) is 0 Å². The van der Waals surface area contributed by atoms with Gasteiger partial charge in [0.2, 0.25) is 11.8 Å². The molecular formula is C26H53N3O10. The first-order valence-electron chi connectivity index (χ1n) is 13.8. The molecule has 0 aromatic heterocycles. The van der Waals surface area contributed by atoms with E-state index in [1.165, 1.54) is 0 Å². The summed E-state index contributed by atoms with van der Waals surface area (Å²) in [6.07, 6.45) is 0.616. The molecule has 3 N–H and O–H groups in total. The quantitative estimate of drug-likeness (QED) is 0.0989. The molecule has 2 amide bonds. The van der Waals surface area contributed by atoms with Gasteiger partial charge in [0.05, 0.1) is 98.5 Å². The average molecular weight is 568 g/mol. The number of nitrogens with one attached hydrogen (secondary N) is 3. The molecule has 0 radical (unpaired) electrons. The molecule has 0 bridgehead atoms.